The minimum absolute atomic E-state index is 0.257. The van der Waals surface area contributed by atoms with Gasteiger partial charge in [0.25, 0.3) is 0 Å². The molecule has 0 radical (unpaired) electrons. The molecule has 0 saturated heterocycles. The van der Waals surface area contributed by atoms with Crippen LogP contribution in [0, 0.1) is 6.92 Å². The largest absolute Gasteiger partial charge is 0.393 e. The number of rotatable bonds is 2. The second kappa shape index (κ2) is 3.02. The summed E-state index contributed by atoms with van der Waals surface area (Å²) in [6.07, 6.45) is 0.764. The number of aliphatic hydroxyl groups is 2. The van der Waals surface area contributed by atoms with E-state index in [1.54, 1.807) is 17.9 Å². The van der Waals surface area contributed by atoms with Crippen LogP contribution in [-0.4, -0.2) is 26.6 Å². The van der Waals surface area contributed by atoms with Gasteiger partial charge in [-0.3, -0.25) is 4.68 Å². The molecule has 4 heteroatoms. The van der Waals surface area contributed by atoms with Crippen molar-refractivity contribution >= 4 is 0 Å². The number of nitrogens with zero attached hydrogens (tertiary/aromatic N) is 2. The van der Waals surface area contributed by atoms with Crippen molar-refractivity contribution in [3.63, 3.8) is 0 Å². The molecular weight excluding hydrogens is 144 g/mol. The topological polar surface area (TPSA) is 58.3 Å². The third kappa shape index (κ3) is 1.41. The van der Waals surface area contributed by atoms with Crippen LogP contribution in [0.4, 0.5) is 0 Å². The molecule has 1 heterocycles. The van der Waals surface area contributed by atoms with Crippen LogP contribution in [0.1, 0.15) is 17.4 Å². The normalized spacial score (nSPS) is 13.5. The molecule has 1 aromatic heterocycles. The molecule has 0 saturated carbocycles. The van der Waals surface area contributed by atoms with E-state index in [9.17, 15) is 5.11 Å². The van der Waals surface area contributed by atoms with Gasteiger partial charge in [-0.15, -0.1) is 0 Å². The minimum atomic E-state index is -0.802. The summed E-state index contributed by atoms with van der Waals surface area (Å²) in [6, 6.07) is 0. The molecule has 0 bridgehead atoms. The summed E-state index contributed by atoms with van der Waals surface area (Å²) in [7, 11) is 1.79. The number of hydrogen-bond donors (Lipinski definition) is 2. The van der Waals surface area contributed by atoms with E-state index in [4.69, 9.17) is 5.11 Å². The third-order valence-corrected chi connectivity index (χ3v) is 1.81. The van der Waals surface area contributed by atoms with Gasteiger partial charge in [-0.1, -0.05) is 0 Å². The Morgan fingerprint density at radius 2 is 2.36 bits per heavy atom. The molecule has 0 aliphatic carbocycles. The highest BCUT2D eigenvalue weighted by atomic mass is 16.3. The molecule has 0 aromatic carbocycles. The molecule has 0 amide bonds. The lowest BCUT2D eigenvalue weighted by Gasteiger charge is -2.04. The average molecular weight is 156 g/mol. The van der Waals surface area contributed by atoms with Crippen LogP contribution in [0.3, 0.4) is 0 Å². The lowest BCUT2D eigenvalue weighted by Crippen LogP contribution is -2.04. The SMILES string of the molecule is Cc1c(C(O)CO)cnn1C. The first kappa shape index (κ1) is 8.23. The summed E-state index contributed by atoms with van der Waals surface area (Å²) in [5.74, 6) is 0. The summed E-state index contributed by atoms with van der Waals surface area (Å²) in [6.45, 7) is 1.59. The summed E-state index contributed by atoms with van der Waals surface area (Å²) < 4.78 is 1.66. The van der Waals surface area contributed by atoms with Crippen LogP contribution < -0.4 is 0 Å². The Morgan fingerprint density at radius 3 is 2.73 bits per heavy atom. The second-order valence-corrected chi connectivity index (χ2v) is 2.51. The Hall–Kier alpha value is -0.870. The van der Waals surface area contributed by atoms with E-state index in [0.717, 1.165) is 5.69 Å². The van der Waals surface area contributed by atoms with Gasteiger partial charge < -0.3 is 10.2 Å². The van der Waals surface area contributed by atoms with Gasteiger partial charge in [-0.2, -0.15) is 5.10 Å². The van der Waals surface area contributed by atoms with E-state index >= 15 is 0 Å². The first-order chi connectivity index (χ1) is 5.16. The summed E-state index contributed by atoms with van der Waals surface area (Å²) >= 11 is 0. The number of hydrogen-bond acceptors (Lipinski definition) is 3. The van der Waals surface area contributed by atoms with E-state index in [1.165, 1.54) is 0 Å². The zero-order chi connectivity index (χ0) is 8.43. The summed E-state index contributed by atoms with van der Waals surface area (Å²) in [5, 5.41) is 21.8. The van der Waals surface area contributed by atoms with Crippen molar-refractivity contribution in [1.82, 2.24) is 9.78 Å². The predicted molar refractivity (Wildman–Crippen MR) is 40.0 cm³/mol. The molecule has 0 aliphatic heterocycles. The van der Waals surface area contributed by atoms with Crippen LogP contribution in [0.2, 0.25) is 0 Å². The molecule has 11 heavy (non-hydrogen) atoms. The zero-order valence-electron chi connectivity index (χ0n) is 6.65. The molecule has 2 N–H and O–H groups in total. The Balaban J connectivity index is 2.94. The number of aromatic nitrogens is 2. The van der Waals surface area contributed by atoms with Crippen molar-refractivity contribution in [2.24, 2.45) is 7.05 Å². The van der Waals surface area contributed by atoms with Crippen LogP contribution in [-0.2, 0) is 7.05 Å². The smallest absolute Gasteiger partial charge is 0.105 e. The molecule has 0 spiro atoms. The molecule has 0 fully saturated rings. The quantitative estimate of drug-likeness (QED) is 0.621. The van der Waals surface area contributed by atoms with E-state index < -0.39 is 6.10 Å². The Labute approximate surface area is 65.1 Å². The highest BCUT2D eigenvalue weighted by Crippen LogP contribution is 2.14. The standard InChI is InChI=1S/C7H12N2O2/c1-5-6(7(11)4-10)3-8-9(5)2/h3,7,10-11H,4H2,1-2H3. The summed E-state index contributed by atoms with van der Waals surface area (Å²) in [5.41, 5.74) is 1.57. The van der Waals surface area contributed by atoms with Crippen LogP contribution in [0.5, 0.6) is 0 Å². The highest BCUT2D eigenvalue weighted by molar-refractivity contribution is 5.18. The lowest BCUT2D eigenvalue weighted by atomic mass is 10.1. The van der Waals surface area contributed by atoms with Gasteiger partial charge in [0.2, 0.25) is 0 Å². The number of aryl methyl sites for hydroxylation is 1. The monoisotopic (exact) mass is 156 g/mol. The van der Waals surface area contributed by atoms with Crippen LogP contribution >= 0.6 is 0 Å². The van der Waals surface area contributed by atoms with E-state index in [2.05, 4.69) is 5.10 Å². The fraction of sp³-hybridized carbons (Fsp3) is 0.571. The molecule has 1 rings (SSSR count). The zero-order valence-corrected chi connectivity index (χ0v) is 6.65. The van der Waals surface area contributed by atoms with Gasteiger partial charge >= 0.3 is 0 Å². The molecule has 4 nitrogen and oxygen atoms in total. The van der Waals surface area contributed by atoms with Gasteiger partial charge in [-0.05, 0) is 6.92 Å². The first-order valence-electron chi connectivity index (χ1n) is 3.44. The Kier molecular flexibility index (Phi) is 2.26. The minimum Gasteiger partial charge on any atom is -0.393 e. The van der Waals surface area contributed by atoms with Crippen molar-refractivity contribution in [2.45, 2.75) is 13.0 Å². The first-order valence-corrected chi connectivity index (χ1v) is 3.44. The van der Waals surface area contributed by atoms with Crippen molar-refractivity contribution < 1.29 is 10.2 Å². The highest BCUT2D eigenvalue weighted by Gasteiger charge is 2.11. The maximum atomic E-state index is 9.22. The van der Waals surface area contributed by atoms with Crippen molar-refractivity contribution in [2.75, 3.05) is 6.61 Å². The van der Waals surface area contributed by atoms with E-state index in [-0.39, 0.29) is 6.61 Å². The molecule has 1 atom stereocenters. The fourth-order valence-electron chi connectivity index (χ4n) is 0.941. The van der Waals surface area contributed by atoms with Crippen molar-refractivity contribution in [3.8, 4) is 0 Å². The molecule has 1 unspecified atom stereocenters. The van der Waals surface area contributed by atoms with Crippen LogP contribution in [0.25, 0.3) is 0 Å². The average Bonchev–Trinajstić information content (AvgIpc) is 2.32. The van der Waals surface area contributed by atoms with Crippen molar-refractivity contribution in [3.05, 3.63) is 17.5 Å². The van der Waals surface area contributed by atoms with Gasteiger partial charge in [-0.25, -0.2) is 0 Å². The Morgan fingerprint density at radius 1 is 1.73 bits per heavy atom. The maximum absolute atomic E-state index is 9.22. The van der Waals surface area contributed by atoms with Crippen LogP contribution in [0.15, 0.2) is 6.20 Å². The molecule has 0 aliphatic rings. The summed E-state index contributed by atoms with van der Waals surface area (Å²) in [4.78, 5) is 0. The van der Waals surface area contributed by atoms with Gasteiger partial charge in [0.05, 0.1) is 12.8 Å². The van der Waals surface area contributed by atoms with Gasteiger partial charge in [0, 0.05) is 18.3 Å². The maximum Gasteiger partial charge on any atom is 0.105 e. The fourth-order valence-corrected chi connectivity index (χ4v) is 0.941. The third-order valence-electron chi connectivity index (χ3n) is 1.81. The van der Waals surface area contributed by atoms with E-state index in [1.807, 2.05) is 6.92 Å². The lowest BCUT2D eigenvalue weighted by molar-refractivity contribution is 0.0950. The molecule has 62 valence electrons. The van der Waals surface area contributed by atoms with E-state index in [0.29, 0.717) is 5.56 Å². The number of aliphatic hydroxyl groups excluding tert-OH is 2. The predicted octanol–water partition coefficient (Wildman–Crippen LogP) is -0.246. The van der Waals surface area contributed by atoms with Crippen molar-refractivity contribution in [1.29, 1.82) is 0 Å². The Bertz CT molecular complexity index is 245. The van der Waals surface area contributed by atoms with Gasteiger partial charge in [0.15, 0.2) is 0 Å². The van der Waals surface area contributed by atoms with Gasteiger partial charge in [0.1, 0.15) is 6.10 Å². The molecular formula is C7H12N2O2. The second-order valence-electron chi connectivity index (χ2n) is 2.51. The molecule has 1 aromatic rings.